The van der Waals surface area contributed by atoms with Crippen LogP contribution in [-0.4, -0.2) is 5.78 Å². The number of Topliss-reactive ketones (excluding diaryl/α,β-unsaturated/α-hetero) is 1. The zero-order valence-electron chi connectivity index (χ0n) is 10.5. The van der Waals surface area contributed by atoms with Crippen molar-refractivity contribution in [3.63, 3.8) is 0 Å². The molecule has 0 fully saturated rings. The van der Waals surface area contributed by atoms with Crippen LogP contribution in [0.1, 0.15) is 22.8 Å². The van der Waals surface area contributed by atoms with Crippen LogP contribution in [-0.2, 0) is 0 Å². The highest BCUT2D eigenvalue weighted by atomic mass is 79.9. The van der Waals surface area contributed by atoms with E-state index in [1.54, 1.807) is 25.1 Å². The predicted molar refractivity (Wildman–Crippen MR) is 83.1 cm³/mol. The number of hydrogen-bond acceptors (Lipinski definition) is 2. The summed E-state index contributed by atoms with van der Waals surface area (Å²) < 4.78 is 7.59. The Morgan fingerprint density at radius 3 is 2.42 bits per heavy atom. The molecule has 2 aromatic carbocycles. The second-order valence-electron chi connectivity index (χ2n) is 4.21. The van der Waals surface area contributed by atoms with Gasteiger partial charge >= 0.3 is 0 Å². The Bertz CT molecular complexity index is 636. The molecule has 0 unspecified atom stereocenters. The third-order valence-electron chi connectivity index (χ3n) is 2.71. The van der Waals surface area contributed by atoms with E-state index in [-0.39, 0.29) is 5.78 Å². The Morgan fingerprint density at radius 1 is 1.05 bits per heavy atom. The van der Waals surface area contributed by atoms with Crippen molar-refractivity contribution in [1.82, 2.24) is 0 Å². The summed E-state index contributed by atoms with van der Waals surface area (Å²) in [5.74, 6) is 1.50. The molecule has 98 valence electrons. The molecule has 0 aliphatic rings. The normalized spacial score (nSPS) is 10.3. The number of rotatable bonds is 3. The fraction of sp³-hybridized carbons (Fsp3) is 0.133. The quantitative estimate of drug-likeness (QED) is 0.652. The van der Waals surface area contributed by atoms with E-state index in [2.05, 4.69) is 31.9 Å². The van der Waals surface area contributed by atoms with E-state index in [4.69, 9.17) is 4.74 Å². The highest BCUT2D eigenvalue weighted by molar-refractivity contribution is 9.10. The molecule has 0 saturated carbocycles. The molecule has 19 heavy (non-hydrogen) atoms. The highest BCUT2D eigenvalue weighted by Crippen LogP contribution is 2.33. The van der Waals surface area contributed by atoms with E-state index in [1.165, 1.54) is 0 Å². The summed E-state index contributed by atoms with van der Waals surface area (Å²) in [5.41, 5.74) is 1.70. The molecule has 0 amide bonds. The number of carbonyl (C=O) groups excluding carboxylic acids is 1. The van der Waals surface area contributed by atoms with Gasteiger partial charge < -0.3 is 4.74 Å². The van der Waals surface area contributed by atoms with Crippen molar-refractivity contribution in [3.05, 3.63) is 56.5 Å². The van der Waals surface area contributed by atoms with E-state index in [0.717, 1.165) is 20.3 Å². The van der Waals surface area contributed by atoms with Gasteiger partial charge in [0.25, 0.3) is 0 Å². The van der Waals surface area contributed by atoms with E-state index in [9.17, 15) is 4.79 Å². The van der Waals surface area contributed by atoms with Crippen molar-refractivity contribution < 1.29 is 9.53 Å². The fourth-order valence-electron chi connectivity index (χ4n) is 1.60. The van der Waals surface area contributed by atoms with E-state index in [0.29, 0.717) is 11.3 Å². The molecule has 0 spiro atoms. The van der Waals surface area contributed by atoms with Gasteiger partial charge in [-0.1, -0.05) is 22.0 Å². The maximum absolute atomic E-state index is 11.3. The fourth-order valence-corrected chi connectivity index (χ4v) is 2.40. The summed E-state index contributed by atoms with van der Waals surface area (Å²) in [6.45, 7) is 3.53. The monoisotopic (exact) mass is 382 g/mol. The van der Waals surface area contributed by atoms with Crippen LogP contribution in [0.4, 0.5) is 0 Å². The molecule has 0 bridgehead atoms. The second kappa shape index (κ2) is 5.88. The molecule has 0 radical (unpaired) electrons. The van der Waals surface area contributed by atoms with Crippen molar-refractivity contribution in [2.75, 3.05) is 0 Å². The molecule has 4 heteroatoms. The molecule has 0 saturated heterocycles. The van der Waals surface area contributed by atoms with Gasteiger partial charge in [-0.05, 0) is 65.7 Å². The summed E-state index contributed by atoms with van der Waals surface area (Å²) in [7, 11) is 0. The lowest BCUT2D eigenvalue weighted by Crippen LogP contribution is -1.94. The molecule has 0 aliphatic carbocycles. The zero-order valence-corrected chi connectivity index (χ0v) is 13.7. The van der Waals surface area contributed by atoms with Crippen molar-refractivity contribution in [3.8, 4) is 11.5 Å². The topological polar surface area (TPSA) is 26.3 Å². The minimum atomic E-state index is 0.0332. The zero-order chi connectivity index (χ0) is 14.0. The molecular formula is C15H12Br2O2. The van der Waals surface area contributed by atoms with Gasteiger partial charge in [0.15, 0.2) is 5.78 Å². The Labute approximate surface area is 129 Å². The Kier molecular flexibility index (Phi) is 4.42. The molecule has 2 aromatic rings. The maximum atomic E-state index is 11.3. The van der Waals surface area contributed by atoms with Gasteiger partial charge in [-0.25, -0.2) is 0 Å². The maximum Gasteiger partial charge on any atom is 0.159 e. The molecule has 2 rings (SSSR count). The first-order valence-corrected chi connectivity index (χ1v) is 7.30. The number of ether oxygens (including phenoxy) is 1. The van der Waals surface area contributed by atoms with Crippen LogP contribution in [0.25, 0.3) is 0 Å². The number of aryl methyl sites for hydroxylation is 1. The first-order valence-electron chi connectivity index (χ1n) is 5.72. The van der Waals surface area contributed by atoms with Crippen LogP contribution in [0.2, 0.25) is 0 Å². The van der Waals surface area contributed by atoms with Gasteiger partial charge in [0.1, 0.15) is 11.5 Å². The first-order chi connectivity index (χ1) is 8.97. The summed E-state index contributed by atoms with van der Waals surface area (Å²) in [4.78, 5) is 11.3. The van der Waals surface area contributed by atoms with Gasteiger partial charge in [-0.15, -0.1) is 0 Å². The van der Waals surface area contributed by atoms with Crippen molar-refractivity contribution in [2.24, 2.45) is 0 Å². The van der Waals surface area contributed by atoms with Crippen LogP contribution in [0.5, 0.6) is 11.5 Å². The van der Waals surface area contributed by atoms with E-state index >= 15 is 0 Å². The number of carbonyl (C=O) groups is 1. The van der Waals surface area contributed by atoms with Crippen LogP contribution in [0.3, 0.4) is 0 Å². The third-order valence-corrected chi connectivity index (χ3v) is 3.82. The SMILES string of the molecule is CC(=O)c1ccc(Oc2cc(Br)ccc2C)c(Br)c1. The molecule has 0 N–H and O–H groups in total. The smallest absolute Gasteiger partial charge is 0.159 e. The largest absolute Gasteiger partial charge is 0.456 e. The summed E-state index contributed by atoms with van der Waals surface area (Å²) in [6, 6.07) is 11.2. The number of halogens is 2. The van der Waals surface area contributed by atoms with E-state index < -0.39 is 0 Å². The summed E-state index contributed by atoms with van der Waals surface area (Å²) in [5, 5.41) is 0. The molecule has 2 nitrogen and oxygen atoms in total. The third kappa shape index (κ3) is 3.45. The van der Waals surface area contributed by atoms with Gasteiger partial charge in [-0.3, -0.25) is 4.79 Å². The van der Waals surface area contributed by atoms with Gasteiger partial charge in [0, 0.05) is 10.0 Å². The Balaban J connectivity index is 2.33. The highest BCUT2D eigenvalue weighted by Gasteiger charge is 2.08. The Morgan fingerprint density at radius 2 is 1.79 bits per heavy atom. The first kappa shape index (κ1) is 14.3. The lowest BCUT2D eigenvalue weighted by atomic mass is 10.1. The van der Waals surface area contributed by atoms with Crippen molar-refractivity contribution in [1.29, 1.82) is 0 Å². The lowest BCUT2D eigenvalue weighted by molar-refractivity contribution is 0.101. The van der Waals surface area contributed by atoms with Crippen LogP contribution >= 0.6 is 31.9 Å². The Hall–Kier alpha value is -1.13. The van der Waals surface area contributed by atoms with Gasteiger partial charge in [0.05, 0.1) is 4.47 Å². The predicted octanol–water partition coefficient (Wildman–Crippen LogP) is 5.51. The average Bonchev–Trinajstić information content (AvgIpc) is 2.36. The van der Waals surface area contributed by atoms with Gasteiger partial charge in [0.2, 0.25) is 0 Å². The number of benzene rings is 2. The standard InChI is InChI=1S/C15H12Br2O2/c1-9-3-5-12(16)8-15(9)19-14-6-4-11(10(2)18)7-13(14)17/h3-8H,1-2H3. The lowest BCUT2D eigenvalue weighted by Gasteiger charge is -2.11. The van der Waals surface area contributed by atoms with Crippen LogP contribution < -0.4 is 4.74 Å². The number of ketones is 1. The van der Waals surface area contributed by atoms with Crippen molar-refractivity contribution in [2.45, 2.75) is 13.8 Å². The summed E-state index contributed by atoms with van der Waals surface area (Å²) >= 11 is 6.85. The molecular weight excluding hydrogens is 372 g/mol. The van der Waals surface area contributed by atoms with Gasteiger partial charge in [-0.2, -0.15) is 0 Å². The average molecular weight is 384 g/mol. The van der Waals surface area contributed by atoms with Crippen LogP contribution in [0, 0.1) is 6.92 Å². The van der Waals surface area contributed by atoms with Crippen LogP contribution in [0.15, 0.2) is 45.3 Å². The van der Waals surface area contributed by atoms with E-state index in [1.807, 2.05) is 25.1 Å². The minimum Gasteiger partial charge on any atom is -0.456 e. The molecule has 0 heterocycles. The number of hydrogen-bond donors (Lipinski definition) is 0. The minimum absolute atomic E-state index is 0.0332. The summed E-state index contributed by atoms with van der Waals surface area (Å²) in [6.07, 6.45) is 0. The molecule has 0 aliphatic heterocycles. The second-order valence-corrected chi connectivity index (χ2v) is 5.98. The van der Waals surface area contributed by atoms with Crippen molar-refractivity contribution >= 4 is 37.6 Å². The molecule has 0 atom stereocenters. The molecule has 0 aromatic heterocycles.